The Kier molecular flexibility index (Phi) is 4.09. The number of carbonyl (C=O) groups excluding carboxylic acids is 1. The number of hydrogen-bond donors (Lipinski definition) is 1. The molecular weight excluding hydrogens is 320 g/mol. The van der Waals surface area contributed by atoms with Gasteiger partial charge in [-0.05, 0) is 23.8 Å². The summed E-state index contributed by atoms with van der Waals surface area (Å²) in [5, 5.41) is 3.10. The molecule has 25 heavy (non-hydrogen) atoms. The van der Waals surface area contributed by atoms with E-state index in [2.05, 4.69) is 5.32 Å². The lowest BCUT2D eigenvalue weighted by Crippen LogP contribution is -2.40. The van der Waals surface area contributed by atoms with E-state index in [9.17, 15) is 4.79 Å². The molecule has 2 aromatic rings. The molecule has 6 nitrogen and oxygen atoms in total. The zero-order valence-corrected chi connectivity index (χ0v) is 14.0. The van der Waals surface area contributed by atoms with E-state index in [1.54, 1.807) is 11.9 Å². The van der Waals surface area contributed by atoms with Crippen molar-refractivity contribution in [1.82, 2.24) is 10.2 Å². The minimum Gasteiger partial charge on any atom is -0.493 e. The van der Waals surface area contributed by atoms with Crippen LogP contribution in [0.1, 0.15) is 23.6 Å². The van der Waals surface area contributed by atoms with Gasteiger partial charge in [-0.2, -0.15) is 0 Å². The number of benzene rings is 2. The molecule has 0 saturated carbocycles. The average molecular weight is 340 g/mol. The highest BCUT2D eigenvalue weighted by Gasteiger charge is 2.24. The molecule has 2 aliphatic heterocycles. The summed E-state index contributed by atoms with van der Waals surface area (Å²) in [7, 11) is 1.78. The number of fused-ring (bicyclic) bond motifs is 2. The Hall–Kier alpha value is -2.89. The standard InChI is InChI=1S/C19H20N2O4/c1-21(11-13-6-7-17-18(10-13)25-12-24-17)19(22)20-15-8-9-23-16-5-3-2-4-14(15)16/h2-7,10,15H,8-9,11-12H2,1H3,(H,20,22)/t15-/m0/s1. The van der Waals surface area contributed by atoms with Gasteiger partial charge in [-0.3, -0.25) is 0 Å². The Balaban J connectivity index is 1.41. The van der Waals surface area contributed by atoms with E-state index >= 15 is 0 Å². The summed E-state index contributed by atoms with van der Waals surface area (Å²) in [5.41, 5.74) is 2.02. The maximum atomic E-state index is 12.6. The lowest BCUT2D eigenvalue weighted by Gasteiger charge is -2.28. The molecule has 2 heterocycles. The molecule has 0 unspecified atom stereocenters. The summed E-state index contributed by atoms with van der Waals surface area (Å²) in [6, 6.07) is 13.4. The number of urea groups is 1. The lowest BCUT2D eigenvalue weighted by atomic mass is 10.0. The molecule has 0 aliphatic carbocycles. The van der Waals surface area contributed by atoms with Crippen LogP contribution >= 0.6 is 0 Å². The van der Waals surface area contributed by atoms with Crippen LogP contribution in [0.4, 0.5) is 4.79 Å². The number of nitrogens with one attached hydrogen (secondary N) is 1. The molecule has 1 N–H and O–H groups in total. The summed E-state index contributed by atoms with van der Waals surface area (Å²) in [5.74, 6) is 2.32. The summed E-state index contributed by atoms with van der Waals surface area (Å²) in [6.07, 6.45) is 0.765. The van der Waals surface area contributed by atoms with Crippen molar-refractivity contribution in [3.63, 3.8) is 0 Å². The van der Waals surface area contributed by atoms with Crippen molar-refractivity contribution in [1.29, 1.82) is 0 Å². The Morgan fingerprint density at radius 2 is 1.96 bits per heavy atom. The van der Waals surface area contributed by atoms with Gasteiger partial charge in [-0.1, -0.05) is 24.3 Å². The van der Waals surface area contributed by atoms with E-state index in [4.69, 9.17) is 14.2 Å². The van der Waals surface area contributed by atoms with Crippen molar-refractivity contribution in [2.75, 3.05) is 20.4 Å². The SMILES string of the molecule is CN(Cc1ccc2c(c1)OCO2)C(=O)N[C@H]1CCOc2ccccc21. The van der Waals surface area contributed by atoms with E-state index in [-0.39, 0.29) is 18.9 Å². The summed E-state index contributed by atoms with van der Waals surface area (Å²) >= 11 is 0. The largest absolute Gasteiger partial charge is 0.493 e. The van der Waals surface area contributed by atoms with E-state index in [1.165, 1.54) is 0 Å². The van der Waals surface area contributed by atoms with Crippen LogP contribution in [0.3, 0.4) is 0 Å². The number of para-hydroxylation sites is 1. The van der Waals surface area contributed by atoms with Crippen LogP contribution in [-0.2, 0) is 6.54 Å². The zero-order valence-electron chi connectivity index (χ0n) is 14.0. The van der Waals surface area contributed by atoms with Crippen molar-refractivity contribution >= 4 is 6.03 Å². The van der Waals surface area contributed by atoms with E-state index in [0.717, 1.165) is 34.8 Å². The molecule has 130 valence electrons. The molecule has 2 aliphatic rings. The minimum atomic E-state index is -0.112. The van der Waals surface area contributed by atoms with Gasteiger partial charge in [0, 0.05) is 25.6 Å². The quantitative estimate of drug-likeness (QED) is 0.933. The third kappa shape index (κ3) is 3.20. The van der Waals surface area contributed by atoms with Gasteiger partial charge >= 0.3 is 6.03 Å². The Labute approximate surface area is 146 Å². The van der Waals surface area contributed by atoms with E-state index in [0.29, 0.717) is 13.2 Å². The Morgan fingerprint density at radius 3 is 2.88 bits per heavy atom. The fraction of sp³-hybridized carbons (Fsp3) is 0.316. The van der Waals surface area contributed by atoms with Crippen molar-refractivity contribution in [2.24, 2.45) is 0 Å². The number of rotatable bonds is 3. The molecule has 0 bridgehead atoms. The van der Waals surface area contributed by atoms with E-state index in [1.807, 2.05) is 42.5 Å². The first kappa shape index (κ1) is 15.6. The molecule has 4 rings (SSSR count). The number of amides is 2. The summed E-state index contributed by atoms with van der Waals surface area (Å²) in [6.45, 7) is 1.35. The molecule has 2 aromatic carbocycles. The van der Waals surface area contributed by atoms with Crippen LogP contribution in [0.2, 0.25) is 0 Å². The lowest BCUT2D eigenvalue weighted by molar-refractivity contribution is 0.173. The van der Waals surface area contributed by atoms with Gasteiger partial charge < -0.3 is 24.4 Å². The van der Waals surface area contributed by atoms with Crippen LogP contribution in [0.15, 0.2) is 42.5 Å². The Bertz CT molecular complexity index is 793. The molecule has 0 saturated heterocycles. The Morgan fingerprint density at radius 1 is 1.12 bits per heavy atom. The predicted octanol–water partition coefficient (Wildman–Crippen LogP) is 3.08. The molecule has 1 atom stereocenters. The van der Waals surface area contributed by atoms with Gasteiger partial charge in [0.1, 0.15) is 5.75 Å². The first-order valence-corrected chi connectivity index (χ1v) is 8.32. The van der Waals surface area contributed by atoms with Gasteiger partial charge in [0.15, 0.2) is 11.5 Å². The van der Waals surface area contributed by atoms with Crippen LogP contribution in [-0.4, -0.2) is 31.4 Å². The molecule has 0 radical (unpaired) electrons. The van der Waals surface area contributed by atoms with Crippen molar-refractivity contribution in [2.45, 2.75) is 19.0 Å². The minimum absolute atomic E-state index is 0.0309. The highest BCUT2D eigenvalue weighted by molar-refractivity contribution is 5.74. The van der Waals surface area contributed by atoms with Gasteiger partial charge in [0.05, 0.1) is 12.6 Å². The van der Waals surface area contributed by atoms with Crippen LogP contribution in [0.5, 0.6) is 17.2 Å². The number of ether oxygens (including phenoxy) is 3. The third-order valence-corrected chi connectivity index (χ3v) is 4.46. The zero-order chi connectivity index (χ0) is 17.2. The van der Waals surface area contributed by atoms with Crippen LogP contribution in [0, 0.1) is 0 Å². The second-order valence-electron chi connectivity index (χ2n) is 6.22. The molecular formula is C19H20N2O4. The molecule has 6 heteroatoms. The first-order chi connectivity index (χ1) is 12.2. The fourth-order valence-corrected chi connectivity index (χ4v) is 3.14. The topological polar surface area (TPSA) is 60.0 Å². The highest BCUT2D eigenvalue weighted by atomic mass is 16.7. The van der Waals surface area contributed by atoms with Gasteiger partial charge in [-0.15, -0.1) is 0 Å². The van der Waals surface area contributed by atoms with Crippen LogP contribution < -0.4 is 19.5 Å². The summed E-state index contributed by atoms with van der Waals surface area (Å²) < 4.78 is 16.3. The maximum absolute atomic E-state index is 12.6. The van der Waals surface area contributed by atoms with Crippen molar-refractivity contribution in [3.8, 4) is 17.2 Å². The average Bonchev–Trinajstić information content (AvgIpc) is 3.10. The molecule has 0 fully saturated rings. The van der Waals surface area contributed by atoms with Crippen molar-refractivity contribution in [3.05, 3.63) is 53.6 Å². The number of carbonyl (C=O) groups is 1. The van der Waals surface area contributed by atoms with Gasteiger partial charge in [0.2, 0.25) is 6.79 Å². The predicted molar refractivity (Wildman–Crippen MR) is 91.9 cm³/mol. The summed E-state index contributed by atoms with van der Waals surface area (Å²) in [4.78, 5) is 14.2. The molecule has 0 aromatic heterocycles. The third-order valence-electron chi connectivity index (χ3n) is 4.46. The molecule has 0 spiro atoms. The van der Waals surface area contributed by atoms with Crippen LogP contribution in [0.25, 0.3) is 0 Å². The number of nitrogens with zero attached hydrogens (tertiary/aromatic N) is 1. The normalized spacial score (nSPS) is 17.4. The number of hydrogen-bond acceptors (Lipinski definition) is 4. The van der Waals surface area contributed by atoms with E-state index < -0.39 is 0 Å². The van der Waals surface area contributed by atoms with Gasteiger partial charge in [0.25, 0.3) is 0 Å². The van der Waals surface area contributed by atoms with Crippen molar-refractivity contribution < 1.29 is 19.0 Å². The second kappa shape index (κ2) is 6.55. The maximum Gasteiger partial charge on any atom is 0.317 e. The fourth-order valence-electron chi connectivity index (χ4n) is 3.14. The monoisotopic (exact) mass is 340 g/mol. The first-order valence-electron chi connectivity index (χ1n) is 8.32. The smallest absolute Gasteiger partial charge is 0.317 e. The molecule has 2 amide bonds. The van der Waals surface area contributed by atoms with Gasteiger partial charge in [-0.25, -0.2) is 4.79 Å². The second-order valence-corrected chi connectivity index (χ2v) is 6.22. The highest BCUT2D eigenvalue weighted by Crippen LogP contribution is 2.33.